The van der Waals surface area contributed by atoms with Crippen LogP contribution in [0.4, 0.5) is 0 Å². The molecule has 3 aromatic rings. The Kier molecular flexibility index (Phi) is 7.81. The van der Waals surface area contributed by atoms with E-state index in [1.807, 2.05) is 56.3 Å². The molecule has 0 aliphatic rings. The Hall–Kier alpha value is -3.61. The Morgan fingerprint density at radius 1 is 0.935 bits per heavy atom. The number of nitrogens with zero attached hydrogens (tertiary/aromatic N) is 1. The van der Waals surface area contributed by atoms with E-state index in [1.54, 1.807) is 12.1 Å². The van der Waals surface area contributed by atoms with Crippen molar-refractivity contribution < 1.29 is 23.8 Å². The van der Waals surface area contributed by atoms with Crippen LogP contribution in [0, 0.1) is 0 Å². The quantitative estimate of drug-likeness (QED) is 0.503. The van der Waals surface area contributed by atoms with Gasteiger partial charge in [-0.2, -0.15) is 0 Å². The Balaban J connectivity index is 1.46. The minimum atomic E-state index is -0.631. The second-order valence-corrected chi connectivity index (χ2v) is 6.71. The number of pyridine rings is 1. The van der Waals surface area contributed by atoms with E-state index in [0.29, 0.717) is 43.2 Å². The maximum Gasteiger partial charge on any atom is 0.357 e. The lowest BCUT2D eigenvalue weighted by molar-refractivity contribution is -0.124. The SMILES string of the molecule is CCOc1ccc(CCNC(=O)COC(=O)c2ccc3ccccc3n2)cc1OCC. The van der Waals surface area contributed by atoms with Gasteiger partial charge in [-0.05, 0) is 50.1 Å². The predicted molar refractivity (Wildman–Crippen MR) is 118 cm³/mol. The van der Waals surface area contributed by atoms with Crippen molar-refractivity contribution in [3.8, 4) is 11.5 Å². The number of benzene rings is 2. The van der Waals surface area contributed by atoms with Crippen LogP contribution in [0.25, 0.3) is 10.9 Å². The topological polar surface area (TPSA) is 86.8 Å². The van der Waals surface area contributed by atoms with E-state index in [-0.39, 0.29) is 18.2 Å². The van der Waals surface area contributed by atoms with Gasteiger partial charge in [0.2, 0.25) is 0 Å². The normalized spacial score (nSPS) is 10.5. The van der Waals surface area contributed by atoms with Crippen LogP contribution in [0.3, 0.4) is 0 Å². The number of rotatable bonds is 10. The summed E-state index contributed by atoms with van der Waals surface area (Å²) in [6.07, 6.45) is 0.610. The Morgan fingerprint density at radius 3 is 2.52 bits per heavy atom. The largest absolute Gasteiger partial charge is 0.490 e. The highest BCUT2D eigenvalue weighted by Gasteiger charge is 2.12. The first-order valence-electron chi connectivity index (χ1n) is 10.3. The molecule has 1 amide bonds. The third-order valence-corrected chi connectivity index (χ3v) is 4.49. The first-order chi connectivity index (χ1) is 15.1. The molecule has 1 N–H and O–H groups in total. The molecule has 7 heteroatoms. The number of aromatic nitrogens is 1. The van der Waals surface area contributed by atoms with E-state index in [2.05, 4.69) is 10.3 Å². The summed E-state index contributed by atoms with van der Waals surface area (Å²) in [6, 6.07) is 16.6. The van der Waals surface area contributed by atoms with E-state index in [1.165, 1.54) is 0 Å². The molecular formula is C24H26N2O5. The van der Waals surface area contributed by atoms with Crippen LogP contribution in [-0.4, -0.2) is 43.2 Å². The first kappa shape index (κ1) is 22.1. The number of para-hydroxylation sites is 1. The van der Waals surface area contributed by atoms with Crippen LogP contribution in [0.1, 0.15) is 29.9 Å². The molecule has 0 aliphatic carbocycles. The second-order valence-electron chi connectivity index (χ2n) is 6.71. The molecule has 0 fully saturated rings. The standard InChI is InChI=1S/C24H26N2O5/c1-3-29-21-12-9-17(15-22(21)30-4-2)13-14-25-23(27)16-31-24(28)20-11-10-18-7-5-6-8-19(18)26-20/h5-12,15H,3-4,13-14,16H2,1-2H3,(H,25,27). The Morgan fingerprint density at radius 2 is 1.71 bits per heavy atom. The average Bonchev–Trinajstić information content (AvgIpc) is 2.79. The van der Waals surface area contributed by atoms with Crippen molar-refractivity contribution in [3.63, 3.8) is 0 Å². The highest BCUT2D eigenvalue weighted by molar-refractivity contribution is 5.92. The molecule has 1 heterocycles. The zero-order valence-electron chi connectivity index (χ0n) is 17.7. The molecule has 0 bridgehead atoms. The van der Waals surface area contributed by atoms with Gasteiger partial charge in [-0.15, -0.1) is 0 Å². The van der Waals surface area contributed by atoms with Crippen molar-refractivity contribution in [1.82, 2.24) is 10.3 Å². The van der Waals surface area contributed by atoms with Gasteiger partial charge >= 0.3 is 5.97 Å². The molecule has 0 atom stereocenters. The monoisotopic (exact) mass is 422 g/mol. The molecule has 0 aliphatic heterocycles. The van der Waals surface area contributed by atoms with Crippen LogP contribution < -0.4 is 14.8 Å². The van der Waals surface area contributed by atoms with Gasteiger partial charge in [0.25, 0.3) is 5.91 Å². The van der Waals surface area contributed by atoms with Crippen LogP contribution >= 0.6 is 0 Å². The molecule has 7 nitrogen and oxygen atoms in total. The van der Waals surface area contributed by atoms with Crippen LogP contribution in [0.5, 0.6) is 11.5 Å². The number of amides is 1. The van der Waals surface area contributed by atoms with Gasteiger partial charge in [0.05, 0.1) is 18.7 Å². The molecule has 162 valence electrons. The van der Waals surface area contributed by atoms with E-state index in [9.17, 15) is 9.59 Å². The third kappa shape index (κ3) is 6.18. The lowest BCUT2D eigenvalue weighted by Crippen LogP contribution is -2.30. The molecule has 31 heavy (non-hydrogen) atoms. The zero-order valence-corrected chi connectivity index (χ0v) is 17.7. The van der Waals surface area contributed by atoms with Crippen molar-refractivity contribution >= 4 is 22.8 Å². The molecule has 0 spiro atoms. The van der Waals surface area contributed by atoms with Gasteiger partial charge in [0, 0.05) is 11.9 Å². The fourth-order valence-electron chi connectivity index (χ4n) is 3.03. The number of carbonyl (C=O) groups is 2. The molecule has 0 saturated carbocycles. The van der Waals surface area contributed by atoms with Crippen molar-refractivity contribution in [2.45, 2.75) is 20.3 Å². The number of nitrogens with one attached hydrogen (secondary N) is 1. The van der Waals surface area contributed by atoms with E-state index in [0.717, 1.165) is 10.9 Å². The van der Waals surface area contributed by atoms with Gasteiger partial charge < -0.3 is 19.5 Å². The van der Waals surface area contributed by atoms with Crippen molar-refractivity contribution in [3.05, 3.63) is 65.9 Å². The van der Waals surface area contributed by atoms with Gasteiger partial charge in [-0.3, -0.25) is 4.79 Å². The highest BCUT2D eigenvalue weighted by Crippen LogP contribution is 2.28. The molecule has 3 rings (SSSR count). The number of carbonyl (C=O) groups excluding carboxylic acids is 2. The number of hydrogen-bond donors (Lipinski definition) is 1. The van der Waals surface area contributed by atoms with Crippen molar-refractivity contribution in [1.29, 1.82) is 0 Å². The summed E-state index contributed by atoms with van der Waals surface area (Å²) in [5.41, 5.74) is 1.87. The van der Waals surface area contributed by atoms with Gasteiger partial charge in [-0.25, -0.2) is 9.78 Å². The highest BCUT2D eigenvalue weighted by atomic mass is 16.5. The summed E-state index contributed by atoms with van der Waals surface area (Å²) in [4.78, 5) is 28.5. The van der Waals surface area contributed by atoms with Gasteiger partial charge in [0.1, 0.15) is 5.69 Å². The minimum absolute atomic E-state index is 0.171. The predicted octanol–water partition coefficient (Wildman–Crippen LogP) is 3.55. The summed E-state index contributed by atoms with van der Waals surface area (Å²) in [5.74, 6) is 0.384. The van der Waals surface area contributed by atoms with Crippen molar-refractivity contribution in [2.75, 3.05) is 26.4 Å². The molecule has 0 radical (unpaired) electrons. The number of hydrogen-bond acceptors (Lipinski definition) is 6. The fraction of sp³-hybridized carbons (Fsp3) is 0.292. The first-order valence-corrected chi connectivity index (χ1v) is 10.3. The summed E-state index contributed by atoms with van der Waals surface area (Å²) in [5, 5.41) is 3.68. The smallest absolute Gasteiger partial charge is 0.357 e. The lowest BCUT2D eigenvalue weighted by Gasteiger charge is -2.12. The average molecular weight is 422 g/mol. The van der Waals surface area contributed by atoms with Gasteiger partial charge in [0.15, 0.2) is 18.1 Å². The lowest BCUT2D eigenvalue weighted by atomic mass is 10.1. The van der Waals surface area contributed by atoms with Crippen molar-refractivity contribution in [2.24, 2.45) is 0 Å². The van der Waals surface area contributed by atoms with E-state index >= 15 is 0 Å². The maximum absolute atomic E-state index is 12.2. The van der Waals surface area contributed by atoms with Crippen LogP contribution in [0.2, 0.25) is 0 Å². The third-order valence-electron chi connectivity index (χ3n) is 4.49. The van der Waals surface area contributed by atoms with Crippen LogP contribution in [-0.2, 0) is 16.0 Å². The Bertz CT molecular complexity index is 1050. The maximum atomic E-state index is 12.2. The van der Waals surface area contributed by atoms with Gasteiger partial charge in [-0.1, -0.05) is 30.3 Å². The molecule has 2 aromatic carbocycles. The summed E-state index contributed by atoms with van der Waals surface area (Å²) >= 11 is 0. The second kappa shape index (κ2) is 11.0. The Labute approximate surface area is 181 Å². The zero-order chi connectivity index (χ0) is 22.1. The summed E-state index contributed by atoms with van der Waals surface area (Å²) < 4.78 is 16.3. The fourth-order valence-corrected chi connectivity index (χ4v) is 3.03. The summed E-state index contributed by atoms with van der Waals surface area (Å²) in [7, 11) is 0. The molecule has 0 saturated heterocycles. The van der Waals surface area contributed by atoms with Crippen LogP contribution in [0.15, 0.2) is 54.6 Å². The number of esters is 1. The summed E-state index contributed by atoms with van der Waals surface area (Å²) in [6.45, 7) is 4.98. The van der Waals surface area contributed by atoms with E-state index in [4.69, 9.17) is 14.2 Å². The number of ether oxygens (including phenoxy) is 3. The molecular weight excluding hydrogens is 396 g/mol. The molecule has 1 aromatic heterocycles. The van der Waals surface area contributed by atoms with E-state index < -0.39 is 5.97 Å². The molecule has 0 unspecified atom stereocenters. The minimum Gasteiger partial charge on any atom is -0.490 e. The number of fused-ring (bicyclic) bond motifs is 1.